The van der Waals surface area contributed by atoms with Gasteiger partial charge in [-0.1, -0.05) is 6.07 Å². The van der Waals surface area contributed by atoms with Crippen LogP contribution in [-0.2, 0) is 17.6 Å². The highest BCUT2D eigenvalue weighted by Gasteiger charge is 2.17. The zero-order valence-electron chi connectivity index (χ0n) is 10.4. The smallest absolute Gasteiger partial charge is 0.325 e. The second-order valence-electron chi connectivity index (χ2n) is 4.72. The summed E-state index contributed by atoms with van der Waals surface area (Å²) in [5.41, 5.74) is 3.07. The van der Waals surface area contributed by atoms with Crippen LogP contribution in [0, 0.1) is 0 Å². The zero-order chi connectivity index (χ0) is 13.1. The van der Waals surface area contributed by atoms with E-state index in [1.54, 1.807) is 6.07 Å². The maximum Gasteiger partial charge on any atom is 0.325 e. The fourth-order valence-corrected chi connectivity index (χ4v) is 2.22. The molecule has 18 heavy (non-hydrogen) atoms. The van der Waals surface area contributed by atoms with Gasteiger partial charge in [0.2, 0.25) is 0 Å². The van der Waals surface area contributed by atoms with Crippen molar-refractivity contribution >= 4 is 11.9 Å². The minimum Gasteiger partial charge on any atom is -0.480 e. The third-order valence-electron chi connectivity index (χ3n) is 3.33. The number of hydrogen-bond acceptors (Lipinski definition) is 2. The van der Waals surface area contributed by atoms with Crippen molar-refractivity contribution in [3.05, 3.63) is 34.9 Å². The summed E-state index contributed by atoms with van der Waals surface area (Å²) in [6.07, 6.45) is 4.44. The first-order chi connectivity index (χ1) is 8.58. The molecule has 0 fully saturated rings. The molecule has 0 spiro atoms. The highest BCUT2D eigenvalue weighted by molar-refractivity contribution is 5.96. The van der Waals surface area contributed by atoms with Crippen molar-refractivity contribution in [2.75, 3.05) is 0 Å². The van der Waals surface area contributed by atoms with E-state index in [2.05, 4.69) is 5.32 Å². The standard InChI is InChI=1S/C14H17NO3/c1-9(14(17)18)15-13(16)12-7-6-10-4-2-3-5-11(10)8-12/h6-9H,2-5H2,1H3,(H,15,16)(H,17,18). The summed E-state index contributed by atoms with van der Waals surface area (Å²) in [5, 5.41) is 11.2. The monoisotopic (exact) mass is 247 g/mol. The number of hydrogen-bond donors (Lipinski definition) is 2. The minimum atomic E-state index is -1.03. The molecular weight excluding hydrogens is 230 g/mol. The molecule has 0 saturated carbocycles. The lowest BCUT2D eigenvalue weighted by molar-refractivity contribution is -0.138. The molecule has 0 radical (unpaired) electrons. The van der Waals surface area contributed by atoms with Crippen LogP contribution in [0.2, 0.25) is 0 Å². The van der Waals surface area contributed by atoms with Crippen molar-refractivity contribution in [1.82, 2.24) is 5.32 Å². The summed E-state index contributed by atoms with van der Waals surface area (Å²) in [6.45, 7) is 1.46. The number of aryl methyl sites for hydroxylation is 2. The van der Waals surface area contributed by atoms with Crippen molar-refractivity contribution in [3.8, 4) is 0 Å². The van der Waals surface area contributed by atoms with Crippen LogP contribution >= 0.6 is 0 Å². The molecule has 1 aromatic rings. The summed E-state index contributed by atoms with van der Waals surface area (Å²) in [5.74, 6) is -1.35. The average Bonchev–Trinajstić information content (AvgIpc) is 2.37. The number of nitrogens with one attached hydrogen (secondary N) is 1. The molecule has 0 aliphatic heterocycles. The number of amides is 1. The summed E-state index contributed by atoms with van der Waals surface area (Å²) >= 11 is 0. The first-order valence-electron chi connectivity index (χ1n) is 6.23. The number of carbonyl (C=O) groups excluding carboxylic acids is 1. The number of fused-ring (bicyclic) bond motifs is 1. The van der Waals surface area contributed by atoms with Gasteiger partial charge in [-0.2, -0.15) is 0 Å². The van der Waals surface area contributed by atoms with Crippen molar-refractivity contribution in [1.29, 1.82) is 0 Å². The molecule has 2 N–H and O–H groups in total. The highest BCUT2D eigenvalue weighted by Crippen LogP contribution is 2.22. The quantitative estimate of drug-likeness (QED) is 0.855. The SMILES string of the molecule is CC(NC(=O)c1ccc2c(c1)CCCC2)C(=O)O. The topological polar surface area (TPSA) is 66.4 Å². The summed E-state index contributed by atoms with van der Waals surface area (Å²) in [7, 11) is 0. The Labute approximate surface area is 106 Å². The van der Waals surface area contributed by atoms with E-state index in [0.717, 1.165) is 19.3 Å². The molecule has 1 aliphatic rings. The Morgan fingerprint density at radius 2 is 1.89 bits per heavy atom. The minimum absolute atomic E-state index is 0.321. The fraction of sp³-hybridized carbons (Fsp3) is 0.429. The third kappa shape index (κ3) is 2.70. The van der Waals surface area contributed by atoms with Gasteiger partial charge in [-0.05, 0) is 55.9 Å². The van der Waals surface area contributed by atoms with Gasteiger partial charge in [0.15, 0.2) is 0 Å². The van der Waals surface area contributed by atoms with E-state index >= 15 is 0 Å². The van der Waals surface area contributed by atoms with E-state index in [9.17, 15) is 9.59 Å². The molecule has 4 heteroatoms. The van der Waals surface area contributed by atoms with E-state index in [4.69, 9.17) is 5.11 Å². The Kier molecular flexibility index (Phi) is 3.65. The normalized spacial score (nSPS) is 15.6. The molecule has 1 aromatic carbocycles. The van der Waals surface area contributed by atoms with E-state index in [1.807, 2.05) is 12.1 Å². The third-order valence-corrected chi connectivity index (χ3v) is 3.33. The number of carboxylic acids is 1. The van der Waals surface area contributed by atoms with Crippen LogP contribution in [-0.4, -0.2) is 23.0 Å². The zero-order valence-corrected chi connectivity index (χ0v) is 10.4. The predicted octanol–water partition coefficient (Wildman–Crippen LogP) is 1.77. The first-order valence-corrected chi connectivity index (χ1v) is 6.23. The van der Waals surface area contributed by atoms with Gasteiger partial charge in [0.25, 0.3) is 5.91 Å². The lowest BCUT2D eigenvalue weighted by atomic mass is 9.90. The van der Waals surface area contributed by atoms with Crippen LogP contribution in [0.3, 0.4) is 0 Å². The summed E-state index contributed by atoms with van der Waals surface area (Å²) in [6, 6.07) is 4.77. The van der Waals surface area contributed by atoms with Gasteiger partial charge in [-0.25, -0.2) is 0 Å². The molecule has 0 heterocycles. The number of rotatable bonds is 3. The highest BCUT2D eigenvalue weighted by atomic mass is 16.4. The Morgan fingerprint density at radius 1 is 1.22 bits per heavy atom. The van der Waals surface area contributed by atoms with Crippen LogP contribution in [0.5, 0.6) is 0 Å². The Bertz CT molecular complexity index is 482. The van der Waals surface area contributed by atoms with Gasteiger partial charge < -0.3 is 10.4 Å². The maximum absolute atomic E-state index is 11.9. The number of carbonyl (C=O) groups is 2. The number of carboxylic acid groups (broad SMARTS) is 1. The summed E-state index contributed by atoms with van der Waals surface area (Å²) in [4.78, 5) is 22.6. The van der Waals surface area contributed by atoms with Crippen molar-refractivity contribution < 1.29 is 14.7 Å². The summed E-state index contributed by atoms with van der Waals surface area (Å²) < 4.78 is 0. The molecule has 96 valence electrons. The lowest BCUT2D eigenvalue weighted by Gasteiger charge is -2.17. The van der Waals surface area contributed by atoms with Gasteiger partial charge >= 0.3 is 5.97 Å². The van der Waals surface area contributed by atoms with Crippen LogP contribution in [0.1, 0.15) is 41.3 Å². The van der Waals surface area contributed by atoms with Gasteiger partial charge in [-0.15, -0.1) is 0 Å². The van der Waals surface area contributed by atoms with E-state index < -0.39 is 12.0 Å². The van der Waals surface area contributed by atoms with E-state index in [0.29, 0.717) is 5.56 Å². The van der Waals surface area contributed by atoms with Gasteiger partial charge in [-0.3, -0.25) is 9.59 Å². The second kappa shape index (κ2) is 5.21. The van der Waals surface area contributed by atoms with Crippen molar-refractivity contribution in [2.24, 2.45) is 0 Å². The van der Waals surface area contributed by atoms with Crippen molar-refractivity contribution in [3.63, 3.8) is 0 Å². The first kappa shape index (κ1) is 12.6. The number of benzene rings is 1. The van der Waals surface area contributed by atoms with Crippen LogP contribution in [0.25, 0.3) is 0 Å². The van der Waals surface area contributed by atoms with Gasteiger partial charge in [0, 0.05) is 5.56 Å². The Morgan fingerprint density at radius 3 is 2.56 bits per heavy atom. The Hall–Kier alpha value is -1.84. The lowest BCUT2D eigenvalue weighted by Crippen LogP contribution is -2.38. The van der Waals surface area contributed by atoms with Crippen LogP contribution < -0.4 is 5.32 Å². The average molecular weight is 247 g/mol. The molecule has 2 rings (SSSR count). The molecule has 1 amide bonds. The Balaban J connectivity index is 2.13. The maximum atomic E-state index is 11.9. The van der Waals surface area contributed by atoms with Gasteiger partial charge in [0.05, 0.1) is 0 Å². The molecule has 4 nitrogen and oxygen atoms in total. The predicted molar refractivity (Wildman–Crippen MR) is 67.6 cm³/mol. The largest absolute Gasteiger partial charge is 0.480 e. The van der Waals surface area contributed by atoms with E-state index in [1.165, 1.54) is 24.5 Å². The van der Waals surface area contributed by atoms with Crippen molar-refractivity contribution in [2.45, 2.75) is 38.6 Å². The molecule has 0 saturated heterocycles. The molecule has 0 bridgehead atoms. The molecule has 1 aliphatic carbocycles. The molecular formula is C14H17NO3. The molecule has 0 aromatic heterocycles. The molecule has 1 atom stereocenters. The van der Waals surface area contributed by atoms with Crippen LogP contribution in [0.4, 0.5) is 0 Å². The number of aliphatic carboxylic acids is 1. The van der Waals surface area contributed by atoms with E-state index in [-0.39, 0.29) is 5.91 Å². The van der Waals surface area contributed by atoms with Gasteiger partial charge in [0.1, 0.15) is 6.04 Å². The fourth-order valence-electron chi connectivity index (χ4n) is 2.22. The van der Waals surface area contributed by atoms with Crippen LogP contribution in [0.15, 0.2) is 18.2 Å². The molecule has 1 unspecified atom stereocenters. The second-order valence-corrected chi connectivity index (χ2v) is 4.72.